The van der Waals surface area contributed by atoms with Crippen LogP contribution in [0.5, 0.6) is 0 Å². The molecule has 0 radical (unpaired) electrons. The molecule has 184 valence electrons. The Kier molecular flexibility index (Phi) is 9.91. The zero-order chi connectivity index (χ0) is 23.6. The number of aromatic nitrogens is 3. The van der Waals surface area contributed by atoms with Crippen molar-refractivity contribution in [1.82, 2.24) is 19.9 Å². The van der Waals surface area contributed by atoms with Crippen LogP contribution in [0.4, 0.5) is 22.2 Å². The number of likely N-dealkylation sites (tertiary alicyclic amines) is 1. The molecule has 1 saturated heterocycles. The van der Waals surface area contributed by atoms with Crippen molar-refractivity contribution in [2.75, 3.05) is 42.6 Å². The van der Waals surface area contributed by atoms with Crippen LogP contribution < -0.4 is 16.0 Å². The minimum Gasteiger partial charge on any atom is -0.354 e. The van der Waals surface area contributed by atoms with E-state index in [9.17, 15) is 4.39 Å². The summed E-state index contributed by atoms with van der Waals surface area (Å²) in [5.74, 6) is 2.05. The maximum Gasteiger partial charge on any atom is 0.233 e. The fraction of sp³-hybridized carbons (Fsp3) is 0.720. The Labute approximate surface area is 198 Å². The summed E-state index contributed by atoms with van der Waals surface area (Å²) in [5, 5.41) is 10.00. The zero-order valence-electron chi connectivity index (χ0n) is 20.8. The quantitative estimate of drug-likeness (QED) is 0.468. The molecular formula is C25H42FN7. The van der Waals surface area contributed by atoms with Crippen LogP contribution in [-0.2, 0) is 0 Å². The molecule has 2 atom stereocenters. The molecule has 3 aliphatic rings. The summed E-state index contributed by atoms with van der Waals surface area (Å²) >= 11 is 0. The van der Waals surface area contributed by atoms with E-state index in [1.807, 2.05) is 26.8 Å². The number of rotatable bonds is 8. The lowest BCUT2D eigenvalue weighted by Crippen LogP contribution is -2.32. The Morgan fingerprint density at radius 3 is 2.24 bits per heavy atom. The van der Waals surface area contributed by atoms with Crippen molar-refractivity contribution in [3.63, 3.8) is 0 Å². The summed E-state index contributed by atoms with van der Waals surface area (Å²) < 4.78 is 14.0. The third kappa shape index (κ3) is 7.66. The smallest absolute Gasteiger partial charge is 0.233 e. The summed E-state index contributed by atoms with van der Waals surface area (Å²) in [7, 11) is 2.16. The fourth-order valence-corrected chi connectivity index (χ4v) is 4.65. The summed E-state index contributed by atoms with van der Waals surface area (Å²) in [6, 6.07) is 0.492. The minimum atomic E-state index is -0.114. The van der Waals surface area contributed by atoms with Crippen molar-refractivity contribution in [3.05, 3.63) is 23.7 Å². The number of halogens is 1. The third-order valence-electron chi connectivity index (χ3n) is 6.79. The maximum absolute atomic E-state index is 14.0. The van der Waals surface area contributed by atoms with E-state index in [0.717, 1.165) is 19.6 Å². The van der Waals surface area contributed by atoms with Crippen LogP contribution in [0.25, 0.3) is 0 Å². The predicted octanol–water partition coefficient (Wildman–Crippen LogP) is 5.59. The summed E-state index contributed by atoms with van der Waals surface area (Å²) in [4.78, 5) is 16.1. The lowest BCUT2D eigenvalue weighted by Gasteiger charge is -2.22. The van der Waals surface area contributed by atoms with E-state index in [1.54, 1.807) is 0 Å². The van der Waals surface area contributed by atoms with Crippen molar-refractivity contribution >= 4 is 17.8 Å². The molecular weight excluding hydrogens is 417 g/mol. The van der Waals surface area contributed by atoms with E-state index >= 15 is 0 Å². The van der Waals surface area contributed by atoms with Crippen LogP contribution in [0.1, 0.15) is 72.1 Å². The molecule has 3 N–H and O–H groups in total. The van der Waals surface area contributed by atoms with Crippen molar-refractivity contribution < 1.29 is 4.39 Å². The highest BCUT2D eigenvalue weighted by molar-refractivity contribution is 5.48. The Morgan fingerprint density at radius 2 is 1.61 bits per heavy atom. The van der Waals surface area contributed by atoms with Gasteiger partial charge in [0.05, 0.1) is 0 Å². The number of hydrogen-bond acceptors (Lipinski definition) is 7. The molecule has 1 aromatic rings. The van der Waals surface area contributed by atoms with Gasteiger partial charge in [0.25, 0.3) is 0 Å². The van der Waals surface area contributed by atoms with Crippen molar-refractivity contribution in [3.8, 4) is 0 Å². The van der Waals surface area contributed by atoms with E-state index < -0.39 is 0 Å². The Hall–Kier alpha value is -2.22. The summed E-state index contributed by atoms with van der Waals surface area (Å²) in [6.07, 6.45) is 13.1. The molecule has 1 aliphatic heterocycles. The Balaban J connectivity index is 0.00000149. The SMILES string of the molecule is CC.CC1CC=C(Nc2nc(NCC3CCCCC3)nc(NCC3CCCN3C)n2)C=C1F. The van der Waals surface area contributed by atoms with E-state index in [4.69, 9.17) is 0 Å². The lowest BCUT2D eigenvalue weighted by atomic mass is 9.89. The van der Waals surface area contributed by atoms with Gasteiger partial charge in [-0.3, -0.25) is 0 Å². The van der Waals surface area contributed by atoms with Gasteiger partial charge in [0, 0.05) is 30.7 Å². The second-order valence-corrected chi connectivity index (χ2v) is 9.30. The molecule has 0 amide bonds. The van der Waals surface area contributed by atoms with E-state index in [2.05, 4.69) is 42.8 Å². The molecule has 8 heteroatoms. The van der Waals surface area contributed by atoms with Gasteiger partial charge in [-0.1, -0.05) is 46.1 Å². The van der Waals surface area contributed by atoms with Gasteiger partial charge in [0.1, 0.15) is 5.83 Å². The predicted molar refractivity (Wildman–Crippen MR) is 135 cm³/mol. The second kappa shape index (κ2) is 12.9. The first kappa shape index (κ1) is 25.4. The Morgan fingerprint density at radius 1 is 0.939 bits per heavy atom. The van der Waals surface area contributed by atoms with Crippen LogP contribution in [0.3, 0.4) is 0 Å². The highest BCUT2D eigenvalue weighted by Gasteiger charge is 2.21. The number of likely N-dealkylation sites (N-methyl/N-ethyl adjacent to an activating group) is 1. The number of nitrogens with zero attached hydrogens (tertiary/aromatic N) is 4. The molecule has 2 fully saturated rings. The first-order chi connectivity index (χ1) is 16.1. The average Bonchev–Trinajstić information content (AvgIpc) is 3.25. The monoisotopic (exact) mass is 459 g/mol. The highest BCUT2D eigenvalue weighted by Crippen LogP contribution is 2.26. The molecule has 4 rings (SSSR count). The molecule has 0 spiro atoms. The lowest BCUT2D eigenvalue weighted by molar-refractivity contribution is 0.322. The van der Waals surface area contributed by atoms with Gasteiger partial charge in [-0.15, -0.1) is 0 Å². The van der Waals surface area contributed by atoms with Crippen molar-refractivity contribution in [2.24, 2.45) is 11.8 Å². The number of nitrogens with one attached hydrogen (secondary N) is 3. The highest BCUT2D eigenvalue weighted by atomic mass is 19.1. The van der Waals surface area contributed by atoms with Crippen LogP contribution in [0.2, 0.25) is 0 Å². The van der Waals surface area contributed by atoms with Gasteiger partial charge >= 0.3 is 0 Å². The topological polar surface area (TPSA) is 78.0 Å². The standard InChI is InChI=1S/C23H36FN7.C2H6/c1-16-10-11-18(13-20(16)24)27-23-29-21(25-14-17-7-4-3-5-8-17)28-22(30-23)26-15-19-9-6-12-31(19)2;1-2/h11,13,16-17,19H,3-10,12,14-15H2,1-2H3,(H3,25,26,27,28,29,30);1-2H3. The van der Waals surface area contributed by atoms with E-state index in [0.29, 0.717) is 41.9 Å². The summed E-state index contributed by atoms with van der Waals surface area (Å²) in [5.41, 5.74) is 0.696. The fourth-order valence-electron chi connectivity index (χ4n) is 4.65. The van der Waals surface area contributed by atoms with Crippen LogP contribution in [-0.4, -0.2) is 52.6 Å². The van der Waals surface area contributed by atoms with Gasteiger partial charge in [0.2, 0.25) is 17.8 Å². The van der Waals surface area contributed by atoms with Crippen molar-refractivity contribution in [1.29, 1.82) is 0 Å². The number of allylic oxidation sites excluding steroid dienone is 3. The zero-order valence-corrected chi connectivity index (χ0v) is 20.8. The largest absolute Gasteiger partial charge is 0.354 e. The van der Waals surface area contributed by atoms with E-state index in [1.165, 1.54) is 51.0 Å². The maximum atomic E-state index is 14.0. The molecule has 1 aromatic heterocycles. The van der Waals surface area contributed by atoms with E-state index in [-0.39, 0.29) is 11.7 Å². The normalized spacial score (nSPS) is 23.8. The molecule has 2 aliphatic carbocycles. The number of hydrogen-bond donors (Lipinski definition) is 3. The van der Waals surface area contributed by atoms with Gasteiger partial charge in [0.15, 0.2) is 0 Å². The molecule has 33 heavy (non-hydrogen) atoms. The van der Waals surface area contributed by atoms with Crippen molar-refractivity contribution in [2.45, 2.75) is 78.2 Å². The van der Waals surface area contributed by atoms with Crippen LogP contribution in [0, 0.1) is 11.8 Å². The third-order valence-corrected chi connectivity index (χ3v) is 6.79. The minimum absolute atomic E-state index is 0.0720. The molecule has 7 nitrogen and oxygen atoms in total. The van der Waals surface area contributed by atoms with Crippen LogP contribution in [0.15, 0.2) is 23.7 Å². The van der Waals surface area contributed by atoms with Gasteiger partial charge in [-0.25, -0.2) is 4.39 Å². The van der Waals surface area contributed by atoms with Gasteiger partial charge in [-0.2, -0.15) is 15.0 Å². The molecule has 0 aromatic carbocycles. The van der Waals surface area contributed by atoms with Gasteiger partial charge in [-0.05, 0) is 57.7 Å². The van der Waals surface area contributed by atoms with Crippen LogP contribution >= 0.6 is 0 Å². The van der Waals surface area contributed by atoms with Gasteiger partial charge < -0.3 is 20.9 Å². The molecule has 2 heterocycles. The molecule has 1 saturated carbocycles. The Bertz CT molecular complexity index is 804. The second-order valence-electron chi connectivity index (χ2n) is 9.30. The molecule has 2 unspecified atom stereocenters. The first-order valence-electron chi connectivity index (χ1n) is 12.8. The number of anilines is 3. The summed E-state index contributed by atoms with van der Waals surface area (Å²) in [6.45, 7) is 8.70. The first-order valence-corrected chi connectivity index (χ1v) is 12.8. The average molecular weight is 460 g/mol. The molecule has 0 bridgehead atoms.